The second kappa shape index (κ2) is 7.71. The van der Waals surface area contributed by atoms with Gasteiger partial charge in [-0.3, -0.25) is 4.79 Å². The van der Waals surface area contributed by atoms with Crippen LogP contribution in [0, 0.1) is 6.92 Å². The summed E-state index contributed by atoms with van der Waals surface area (Å²) in [6.07, 6.45) is -3.38. The molecule has 2 N–H and O–H groups in total. The summed E-state index contributed by atoms with van der Waals surface area (Å²) in [5, 5.41) is 9.32. The van der Waals surface area contributed by atoms with Crippen LogP contribution in [0.3, 0.4) is 0 Å². The van der Waals surface area contributed by atoms with Gasteiger partial charge in [0.1, 0.15) is 16.6 Å². The molecule has 158 valence electrons. The van der Waals surface area contributed by atoms with E-state index >= 15 is 0 Å². The molecule has 2 aromatic heterocycles. The van der Waals surface area contributed by atoms with Crippen LogP contribution in [0.4, 0.5) is 19.0 Å². The molecule has 10 heteroatoms. The molecule has 6 nitrogen and oxygen atoms in total. The van der Waals surface area contributed by atoms with Crippen molar-refractivity contribution in [2.75, 3.05) is 5.32 Å². The molecule has 30 heavy (non-hydrogen) atoms. The summed E-state index contributed by atoms with van der Waals surface area (Å²) in [5.74, 6) is -0.221. The zero-order valence-electron chi connectivity index (χ0n) is 15.8. The lowest BCUT2D eigenvalue weighted by Crippen LogP contribution is -2.35. The minimum absolute atomic E-state index is 0.0287. The van der Waals surface area contributed by atoms with Gasteiger partial charge in [-0.25, -0.2) is 4.68 Å². The van der Waals surface area contributed by atoms with Crippen molar-refractivity contribution in [2.24, 2.45) is 0 Å². The Labute approximate surface area is 175 Å². The van der Waals surface area contributed by atoms with Crippen LogP contribution in [0.5, 0.6) is 0 Å². The number of fused-ring (bicyclic) bond motifs is 1. The smallest absolute Gasteiger partial charge is 0.410 e. The summed E-state index contributed by atoms with van der Waals surface area (Å²) >= 11 is 6.29. The van der Waals surface area contributed by atoms with Crippen LogP contribution in [0.2, 0.25) is 5.02 Å². The topological polar surface area (TPSA) is 72.1 Å². The SMILES string of the molecule is Cc1ccc([C@H]2C[C@@H](C(F)(F)F)n3nc(C(=O)NCc4ccco4)c(Cl)c3N2)cc1. The van der Waals surface area contributed by atoms with Crippen LogP contribution in [-0.2, 0) is 6.54 Å². The molecule has 1 aliphatic rings. The van der Waals surface area contributed by atoms with E-state index in [9.17, 15) is 18.0 Å². The number of anilines is 1. The molecule has 0 spiro atoms. The van der Waals surface area contributed by atoms with E-state index in [1.165, 1.54) is 6.26 Å². The van der Waals surface area contributed by atoms with Gasteiger partial charge in [0.2, 0.25) is 0 Å². The fourth-order valence-corrected chi connectivity index (χ4v) is 3.68. The monoisotopic (exact) mass is 438 g/mol. The zero-order valence-corrected chi connectivity index (χ0v) is 16.6. The number of furan rings is 1. The van der Waals surface area contributed by atoms with Gasteiger partial charge in [0.25, 0.3) is 5.91 Å². The van der Waals surface area contributed by atoms with E-state index in [1.54, 1.807) is 24.3 Å². The number of carbonyl (C=O) groups is 1. The number of carbonyl (C=O) groups excluding carboxylic acids is 1. The van der Waals surface area contributed by atoms with Crippen molar-refractivity contribution >= 4 is 23.3 Å². The average Bonchev–Trinajstić information content (AvgIpc) is 3.33. The number of rotatable bonds is 4. The summed E-state index contributed by atoms with van der Waals surface area (Å²) in [6.45, 7) is 1.96. The Balaban J connectivity index is 1.65. The first-order valence-electron chi connectivity index (χ1n) is 9.22. The summed E-state index contributed by atoms with van der Waals surface area (Å²) in [6, 6.07) is 8.00. The van der Waals surface area contributed by atoms with E-state index in [0.29, 0.717) is 11.3 Å². The van der Waals surface area contributed by atoms with Gasteiger partial charge in [0, 0.05) is 6.42 Å². The van der Waals surface area contributed by atoms with E-state index in [4.69, 9.17) is 16.0 Å². The number of hydrogen-bond donors (Lipinski definition) is 2. The highest BCUT2D eigenvalue weighted by Crippen LogP contribution is 2.46. The predicted molar refractivity (Wildman–Crippen MR) is 104 cm³/mol. The van der Waals surface area contributed by atoms with Crippen LogP contribution in [0.1, 0.15) is 45.9 Å². The minimum atomic E-state index is -4.56. The first-order chi connectivity index (χ1) is 14.2. The van der Waals surface area contributed by atoms with E-state index in [2.05, 4.69) is 15.7 Å². The number of nitrogens with zero attached hydrogens (tertiary/aromatic N) is 2. The van der Waals surface area contributed by atoms with Gasteiger partial charge < -0.3 is 15.1 Å². The van der Waals surface area contributed by atoms with E-state index in [0.717, 1.165) is 10.2 Å². The van der Waals surface area contributed by atoms with Crippen molar-refractivity contribution in [3.05, 3.63) is 70.3 Å². The van der Waals surface area contributed by atoms with Gasteiger partial charge >= 0.3 is 6.18 Å². The third-order valence-electron chi connectivity index (χ3n) is 4.99. The summed E-state index contributed by atoms with van der Waals surface area (Å²) in [4.78, 5) is 12.5. The number of halogens is 4. The molecule has 0 aliphatic carbocycles. The number of benzene rings is 1. The number of aryl methyl sites for hydroxylation is 1. The maximum absolute atomic E-state index is 13.8. The molecule has 0 saturated carbocycles. The first kappa shape index (κ1) is 20.3. The van der Waals surface area contributed by atoms with Crippen molar-refractivity contribution in [1.29, 1.82) is 0 Å². The molecule has 3 aromatic rings. The molecule has 1 aromatic carbocycles. The molecule has 0 radical (unpaired) electrons. The van der Waals surface area contributed by atoms with Crippen molar-refractivity contribution in [1.82, 2.24) is 15.1 Å². The van der Waals surface area contributed by atoms with E-state index < -0.39 is 24.2 Å². The normalized spacial score (nSPS) is 18.6. The van der Waals surface area contributed by atoms with Gasteiger partial charge in [-0.15, -0.1) is 0 Å². The Morgan fingerprint density at radius 2 is 2.07 bits per heavy atom. The van der Waals surface area contributed by atoms with Crippen LogP contribution >= 0.6 is 11.6 Å². The average molecular weight is 439 g/mol. The van der Waals surface area contributed by atoms with Crippen LogP contribution in [0.15, 0.2) is 47.1 Å². The summed E-state index contributed by atoms with van der Waals surface area (Å²) < 4.78 is 47.3. The van der Waals surface area contributed by atoms with Gasteiger partial charge in [0.05, 0.1) is 18.8 Å². The third kappa shape index (κ3) is 3.89. The highest BCUT2D eigenvalue weighted by molar-refractivity contribution is 6.36. The van der Waals surface area contributed by atoms with Gasteiger partial charge in [0.15, 0.2) is 11.7 Å². The lowest BCUT2D eigenvalue weighted by atomic mass is 9.96. The van der Waals surface area contributed by atoms with Crippen LogP contribution in [-0.4, -0.2) is 21.9 Å². The van der Waals surface area contributed by atoms with Gasteiger partial charge in [-0.1, -0.05) is 41.4 Å². The van der Waals surface area contributed by atoms with E-state index in [1.807, 2.05) is 19.1 Å². The molecule has 3 heterocycles. The molecular weight excluding hydrogens is 421 g/mol. The Hall–Kier alpha value is -2.94. The number of hydrogen-bond acceptors (Lipinski definition) is 4. The quantitative estimate of drug-likeness (QED) is 0.599. The molecule has 0 saturated heterocycles. The second-order valence-corrected chi connectivity index (χ2v) is 7.50. The molecule has 1 aliphatic heterocycles. The molecule has 0 bridgehead atoms. The Morgan fingerprint density at radius 1 is 1.33 bits per heavy atom. The minimum Gasteiger partial charge on any atom is -0.467 e. The maximum Gasteiger partial charge on any atom is 0.410 e. The number of amides is 1. The molecule has 1 amide bonds. The Bertz CT molecular complexity index is 1050. The number of alkyl halides is 3. The van der Waals surface area contributed by atoms with E-state index in [-0.39, 0.29) is 29.5 Å². The van der Waals surface area contributed by atoms with Crippen LogP contribution < -0.4 is 10.6 Å². The molecule has 2 atom stereocenters. The molecule has 0 unspecified atom stereocenters. The fraction of sp³-hybridized carbons (Fsp3) is 0.300. The summed E-state index contributed by atoms with van der Waals surface area (Å²) in [5.41, 5.74) is 1.42. The van der Waals surface area contributed by atoms with Crippen molar-refractivity contribution < 1.29 is 22.4 Å². The molecule has 4 rings (SSSR count). The Morgan fingerprint density at radius 3 is 2.70 bits per heavy atom. The summed E-state index contributed by atoms with van der Waals surface area (Å²) in [7, 11) is 0. The molecular formula is C20H18ClF3N4O2. The highest BCUT2D eigenvalue weighted by atomic mass is 35.5. The van der Waals surface area contributed by atoms with Gasteiger partial charge in [-0.05, 0) is 24.6 Å². The lowest BCUT2D eigenvalue weighted by molar-refractivity contribution is -0.173. The first-order valence-corrected chi connectivity index (χ1v) is 9.60. The number of nitrogens with one attached hydrogen (secondary N) is 2. The van der Waals surface area contributed by atoms with Crippen molar-refractivity contribution in [2.45, 2.75) is 38.1 Å². The zero-order chi connectivity index (χ0) is 21.5. The van der Waals surface area contributed by atoms with Crippen molar-refractivity contribution in [3.8, 4) is 0 Å². The number of aromatic nitrogens is 2. The molecule has 0 fully saturated rings. The third-order valence-corrected chi connectivity index (χ3v) is 5.35. The largest absolute Gasteiger partial charge is 0.467 e. The predicted octanol–water partition coefficient (Wildman–Crippen LogP) is 5.03. The lowest BCUT2D eigenvalue weighted by Gasteiger charge is -2.33. The standard InChI is InChI=1S/C20H18ClF3N4O2/c1-11-4-6-12(7-5-11)14-9-15(20(22,23)24)28-18(26-14)16(21)17(27-28)19(29)25-10-13-3-2-8-30-13/h2-8,14-15,26H,9-10H2,1H3,(H,25,29)/t14-,15+/m1/s1. The van der Waals surface area contributed by atoms with Gasteiger partial charge in [-0.2, -0.15) is 18.3 Å². The highest BCUT2D eigenvalue weighted by Gasteiger charge is 2.47. The fourth-order valence-electron chi connectivity index (χ4n) is 3.42. The second-order valence-electron chi connectivity index (χ2n) is 7.12. The van der Waals surface area contributed by atoms with Crippen LogP contribution in [0.25, 0.3) is 0 Å². The Kier molecular flexibility index (Phi) is 5.23. The van der Waals surface area contributed by atoms with Crippen molar-refractivity contribution in [3.63, 3.8) is 0 Å². The maximum atomic E-state index is 13.8.